The standard InChI is InChI=1S/C39H44N6O8/c1-39(2,3)53-38(49)42-32(22-30-24-43(26-40-30)23-28-13-8-5-9-14-28)36(47)44-20-10-15-34(44)35(46)41-33(21-27-11-6-4-7-12-27)37(48)52-25-29-16-18-31(19-17-29)45(50)51/h4-9,11-14,16-19,24,26,32-34H,10,15,20-23,25H2,1-3H3,(H,41,46)(H,42,49)/t32-,33-,34-/m0/s1. The molecule has 14 heteroatoms. The fourth-order valence-corrected chi connectivity index (χ4v) is 6.03. The number of nitrogens with one attached hydrogen (secondary N) is 2. The van der Waals surface area contributed by atoms with Crippen molar-refractivity contribution >= 4 is 29.6 Å². The first-order valence-electron chi connectivity index (χ1n) is 17.4. The zero-order chi connectivity index (χ0) is 38.0. The average Bonchev–Trinajstić information content (AvgIpc) is 3.80. The van der Waals surface area contributed by atoms with E-state index in [4.69, 9.17) is 9.47 Å². The number of hydrogen-bond donors (Lipinski definition) is 2. The number of aromatic nitrogens is 2. The van der Waals surface area contributed by atoms with Gasteiger partial charge in [0.05, 0.1) is 16.9 Å². The Morgan fingerprint density at radius 1 is 0.887 bits per heavy atom. The summed E-state index contributed by atoms with van der Waals surface area (Å²) >= 11 is 0. The number of nitrogens with zero attached hydrogens (tertiary/aromatic N) is 4. The van der Waals surface area contributed by atoms with Crippen LogP contribution in [0.15, 0.2) is 97.5 Å². The molecule has 1 aromatic heterocycles. The summed E-state index contributed by atoms with van der Waals surface area (Å²) in [5.74, 6) is -1.72. The third-order valence-corrected chi connectivity index (χ3v) is 8.55. The number of esters is 1. The first-order chi connectivity index (χ1) is 25.3. The lowest BCUT2D eigenvalue weighted by Crippen LogP contribution is -2.56. The van der Waals surface area contributed by atoms with Gasteiger partial charge >= 0.3 is 12.1 Å². The molecule has 3 aromatic carbocycles. The fraction of sp³-hybridized carbons (Fsp3) is 0.359. The van der Waals surface area contributed by atoms with Crippen molar-refractivity contribution in [3.63, 3.8) is 0 Å². The predicted molar refractivity (Wildman–Crippen MR) is 194 cm³/mol. The zero-order valence-corrected chi connectivity index (χ0v) is 30.0. The quantitative estimate of drug-likeness (QED) is 0.106. The van der Waals surface area contributed by atoms with Crippen LogP contribution in [0.4, 0.5) is 10.5 Å². The second-order valence-electron chi connectivity index (χ2n) is 13.9. The van der Waals surface area contributed by atoms with Gasteiger partial charge in [-0.2, -0.15) is 0 Å². The average molecular weight is 725 g/mol. The predicted octanol–water partition coefficient (Wildman–Crippen LogP) is 4.74. The number of non-ortho nitro benzene ring substituents is 1. The van der Waals surface area contributed by atoms with Crippen molar-refractivity contribution < 1.29 is 33.6 Å². The van der Waals surface area contributed by atoms with Gasteiger partial charge in [-0.15, -0.1) is 0 Å². The molecule has 1 aliphatic rings. The van der Waals surface area contributed by atoms with E-state index in [1.807, 2.05) is 71.4 Å². The number of hydrogen-bond acceptors (Lipinski definition) is 9. The summed E-state index contributed by atoms with van der Waals surface area (Å²) in [6.45, 7) is 5.83. The summed E-state index contributed by atoms with van der Waals surface area (Å²) in [7, 11) is 0. The SMILES string of the molecule is CC(C)(C)OC(=O)N[C@@H](Cc1cn(Cc2ccccc2)cn1)C(=O)N1CCC[C@H]1C(=O)N[C@@H](Cc1ccccc1)C(=O)OCc1ccc([N+](=O)[O-])cc1. The number of carbonyl (C=O) groups is 4. The third-order valence-electron chi connectivity index (χ3n) is 8.55. The van der Waals surface area contributed by atoms with Crippen LogP contribution in [-0.2, 0) is 49.9 Å². The van der Waals surface area contributed by atoms with E-state index in [2.05, 4.69) is 15.6 Å². The van der Waals surface area contributed by atoms with E-state index < -0.39 is 52.5 Å². The van der Waals surface area contributed by atoms with Crippen molar-refractivity contribution in [2.45, 2.75) is 83.3 Å². The van der Waals surface area contributed by atoms with E-state index in [1.54, 1.807) is 27.1 Å². The molecule has 1 aliphatic heterocycles. The maximum absolute atomic E-state index is 14.2. The maximum Gasteiger partial charge on any atom is 0.408 e. The van der Waals surface area contributed by atoms with Crippen LogP contribution in [0.2, 0.25) is 0 Å². The van der Waals surface area contributed by atoms with Crippen LogP contribution in [0.5, 0.6) is 0 Å². The van der Waals surface area contributed by atoms with Crippen LogP contribution < -0.4 is 10.6 Å². The molecule has 0 radical (unpaired) electrons. The molecular weight excluding hydrogens is 680 g/mol. The number of benzene rings is 3. The Morgan fingerprint density at radius 3 is 2.19 bits per heavy atom. The van der Waals surface area contributed by atoms with Gasteiger partial charge in [-0.25, -0.2) is 14.6 Å². The molecule has 3 atom stereocenters. The molecule has 14 nitrogen and oxygen atoms in total. The minimum absolute atomic E-state index is 0.0519. The van der Waals surface area contributed by atoms with Gasteiger partial charge in [0, 0.05) is 44.3 Å². The number of ether oxygens (including phenoxy) is 2. The lowest BCUT2D eigenvalue weighted by molar-refractivity contribution is -0.384. The minimum Gasteiger partial charge on any atom is -0.459 e. The second kappa shape index (κ2) is 17.4. The number of alkyl carbamates (subject to hydrolysis) is 1. The van der Waals surface area contributed by atoms with Crippen LogP contribution in [-0.4, -0.2) is 73.5 Å². The number of likely N-dealkylation sites (tertiary alicyclic amines) is 1. The fourth-order valence-electron chi connectivity index (χ4n) is 6.03. The number of nitro groups is 1. The van der Waals surface area contributed by atoms with E-state index in [0.717, 1.165) is 11.1 Å². The Hall–Kier alpha value is -6.05. The highest BCUT2D eigenvalue weighted by Gasteiger charge is 2.40. The monoisotopic (exact) mass is 724 g/mol. The van der Waals surface area contributed by atoms with Gasteiger partial charge in [0.15, 0.2) is 0 Å². The summed E-state index contributed by atoms with van der Waals surface area (Å²) in [6, 6.07) is 21.5. The molecule has 0 spiro atoms. The first kappa shape index (κ1) is 38.2. The van der Waals surface area contributed by atoms with Crippen LogP contribution >= 0.6 is 0 Å². The molecule has 0 aliphatic carbocycles. The number of nitro benzene ring substituents is 1. The van der Waals surface area contributed by atoms with E-state index >= 15 is 0 Å². The van der Waals surface area contributed by atoms with Crippen LogP contribution in [0, 0.1) is 10.1 Å². The number of rotatable bonds is 14. The van der Waals surface area contributed by atoms with Crippen molar-refractivity contribution in [3.8, 4) is 0 Å². The highest BCUT2D eigenvalue weighted by molar-refractivity contribution is 5.93. The highest BCUT2D eigenvalue weighted by atomic mass is 16.6. The summed E-state index contributed by atoms with van der Waals surface area (Å²) < 4.78 is 12.9. The minimum atomic E-state index is -1.09. The van der Waals surface area contributed by atoms with Gasteiger partial charge in [-0.1, -0.05) is 60.7 Å². The Bertz CT molecular complexity index is 1880. The third kappa shape index (κ3) is 11.2. The molecule has 2 heterocycles. The van der Waals surface area contributed by atoms with E-state index in [9.17, 15) is 29.3 Å². The van der Waals surface area contributed by atoms with Crippen molar-refractivity contribution in [1.82, 2.24) is 25.1 Å². The molecule has 1 saturated heterocycles. The summed E-state index contributed by atoms with van der Waals surface area (Å²) in [5.41, 5.74) is 2.04. The molecule has 1 fully saturated rings. The molecule has 2 N–H and O–H groups in total. The lowest BCUT2D eigenvalue weighted by Gasteiger charge is -2.30. The van der Waals surface area contributed by atoms with E-state index in [-0.39, 0.29) is 31.7 Å². The molecule has 0 unspecified atom stereocenters. The smallest absolute Gasteiger partial charge is 0.408 e. The Morgan fingerprint density at radius 2 is 1.55 bits per heavy atom. The second-order valence-corrected chi connectivity index (χ2v) is 13.9. The van der Waals surface area contributed by atoms with Gasteiger partial charge in [-0.3, -0.25) is 19.7 Å². The topological polar surface area (TPSA) is 175 Å². The zero-order valence-electron chi connectivity index (χ0n) is 30.0. The molecule has 0 bridgehead atoms. The van der Waals surface area contributed by atoms with Gasteiger partial charge in [-0.05, 0) is 62.4 Å². The maximum atomic E-state index is 14.2. The van der Waals surface area contributed by atoms with Crippen molar-refractivity contribution in [2.24, 2.45) is 0 Å². The molecule has 278 valence electrons. The van der Waals surface area contributed by atoms with Crippen molar-refractivity contribution in [1.29, 1.82) is 0 Å². The molecule has 53 heavy (non-hydrogen) atoms. The van der Waals surface area contributed by atoms with Crippen LogP contribution in [0.3, 0.4) is 0 Å². The largest absolute Gasteiger partial charge is 0.459 e. The Balaban J connectivity index is 1.30. The van der Waals surface area contributed by atoms with Gasteiger partial charge in [0.1, 0.15) is 30.3 Å². The van der Waals surface area contributed by atoms with Gasteiger partial charge < -0.3 is 29.6 Å². The van der Waals surface area contributed by atoms with Crippen LogP contribution in [0.25, 0.3) is 0 Å². The molecule has 5 rings (SSSR count). The molecular formula is C39H44N6O8. The Labute approximate surface area is 307 Å². The summed E-state index contributed by atoms with van der Waals surface area (Å²) in [5, 5.41) is 16.5. The molecule has 0 saturated carbocycles. The van der Waals surface area contributed by atoms with Crippen LogP contribution in [0.1, 0.15) is 56.0 Å². The first-order valence-corrected chi connectivity index (χ1v) is 17.4. The van der Waals surface area contributed by atoms with Gasteiger partial charge in [0.25, 0.3) is 5.69 Å². The highest BCUT2D eigenvalue weighted by Crippen LogP contribution is 2.21. The number of carbonyl (C=O) groups excluding carboxylic acids is 4. The lowest BCUT2D eigenvalue weighted by atomic mass is 10.0. The number of imidazole rings is 1. The molecule has 4 aromatic rings. The van der Waals surface area contributed by atoms with E-state index in [0.29, 0.717) is 30.6 Å². The van der Waals surface area contributed by atoms with Crippen molar-refractivity contribution in [3.05, 3.63) is 130 Å². The normalized spacial score (nSPS) is 15.2. The van der Waals surface area contributed by atoms with Gasteiger partial charge in [0.2, 0.25) is 11.8 Å². The molecule has 3 amide bonds. The summed E-state index contributed by atoms with van der Waals surface area (Å²) in [4.78, 5) is 70.9. The summed E-state index contributed by atoms with van der Waals surface area (Å²) in [6.07, 6.45) is 3.75. The Kier molecular flexibility index (Phi) is 12.6. The van der Waals surface area contributed by atoms with E-state index in [1.165, 1.54) is 29.2 Å². The van der Waals surface area contributed by atoms with Crippen molar-refractivity contribution in [2.75, 3.05) is 6.54 Å². The number of amides is 3.